The van der Waals surface area contributed by atoms with Crippen LogP contribution in [-0.2, 0) is 5.60 Å². The molecule has 0 amide bonds. The van der Waals surface area contributed by atoms with E-state index >= 15 is 0 Å². The van der Waals surface area contributed by atoms with E-state index in [2.05, 4.69) is 5.32 Å². The molecule has 0 saturated carbocycles. The maximum absolute atomic E-state index is 9.96. The molecule has 3 heteroatoms. The molecule has 1 fully saturated rings. The van der Waals surface area contributed by atoms with Gasteiger partial charge < -0.3 is 15.5 Å². The third-order valence-electron chi connectivity index (χ3n) is 2.49. The van der Waals surface area contributed by atoms with Gasteiger partial charge in [0.1, 0.15) is 11.4 Å². The quantitative estimate of drug-likeness (QED) is 0.588. The number of aryl methyl sites for hydroxylation is 1. The van der Waals surface area contributed by atoms with E-state index in [9.17, 15) is 10.2 Å². The van der Waals surface area contributed by atoms with Gasteiger partial charge in [-0.05, 0) is 19.1 Å². The van der Waals surface area contributed by atoms with Gasteiger partial charge in [-0.3, -0.25) is 0 Å². The lowest BCUT2D eigenvalue weighted by molar-refractivity contribution is -0.0165. The number of phenols is 1. The van der Waals surface area contributed by atoms with Crippen molar-refractivity contribution in [3.8, 4) is 5.75 Å². The van der Waals surface area contributed by atoms with E-state index in [1.165, 1.54) is 0 Å². The molecule has 0 spiro atoms. The van der Waals surface area contributed by atoms with Crippen molar-refractivity contribution in [3.63, 3.8) is 0 Å². The van der Waals surface area contributed by atoms with Gasteiger partial charge in [-0.15, -0.1) is 0 Å². The monoisotopic (exact) mass is 179 g/mol. The summed E-state index contributed by atoms with van der Waals surface area (Å²) in [6.07, 6.45) is 0. The first-order valence-electron chi connectivity index (χ1n) is 4.35. The molecule has 1 aromatic carbocycles. The molecule has 1 aliphatic heterocycles. The van der Waals surface area contributed by atoms with Gasteiger partial charge in [0.15, 0.2) is 0 Å². The molecular weight excluding hydrogens is 166 g/mol. The Hall–Kier alpha value is -1.06. The van der Waals surface area contributed by atoms with Crippen molar-refractivity contribution in [2.24, 2.45) is 0 Å². The summed E-state index contributed by atoms with van der Waals surface area (Å²) in [7, 11) is 0. The molecule has 1 heterocycles. The van der Waals surface area contributed by atoms with Gasteiger partial charge in [0.2, 0.25) is 0 Å². The normalized spacial score (nSPS) is 19.5. The summed E-state index contributed by atoms with van der Waals surface area (Å²) in [4.78, 5) is 0. The fourth-order valence-electron chi connectivity index (χ4n) is 1.57. The molecule has 1 saturated heterocycles. The van der Waals surface area contributed by atoms with E-state index in [4.69, 9.17) is 0 Å². The standard InChI is InChI=1S/C10H13NO2/c1-7-2-3-9(12)8(4-7)10(13)5-11-6-10/h2-4,11-13H,5-6H2,1H3. The van der Waals surface area contributed by atoms with E-state index in [1.807, 2.05) is 19.1 Å². The zero-order valence-corrected chi connectivity index (χ0v) is 7.54. The summed E-state index contributed by atoms with van der Waals surface area (Å²) in [6, 6.07) is 5.28. The highest BCUT2D eigenvalue weighted by atomic mass is 16.3. The maximum atomic E-state index is 9.96. The topological polar surface area (TPSA) is 52.5 Å². The summed E-state index contributed by atoms with van der Waals surface area (Å²) < 4.78 is 0. The zero-order chi connectivity index (χ0) is 9.47. The molecule has 0 radical (unpaired) electrons. The highest BCUT2D eigenvalue weighted by Gasteiger charge is 2.38. The van der Waals surface area contributed by atoms with Gasteiger partial charge in [0, 0.05) is 18.7 Å². The van der Waals surface area contributed by atoms with Crippen molar-refractivity contribution in [1.82, 2.24) is 5.32 Å². The number of rotatable bonds is 1. The van der Waals surface area contributed by atoms with Gasteiger partial charge in [-0.2, -0.15) is 0 Å². The van der Waals surface area contributed by atoms with E-state index in [1.54, 1.807) is 6.07 Å². The van der Waals surface area contributed by atoms with Crippen LogP contribution in [0.1, 0.15) is 11.1 Å². The van der Waals surface area contributed by atoms with Crippen molar-refractivity contribution in [1.29, 1.82) is 0 Å². The summed E-state index contributed by atoms with van der Waals surface area (Å²) in [5.74, 6) is 0.176. The van der Waals surface area contributed by atoms with Crippen LogP contribution in [0.25, 0.3) is 0 Å². The Bertz CT molecular complexity index is 332. The summed E-state index contributed by atoms with van der Waals surface area (Å²) in [6.45, 7) is 2.98. The average molecular weight is 179 g/mol. The van der Waals surface area contributed by atoms with E-state index < -0.39 is 5.60 Å². The molecule has 0 aliphatic carbocycles. The largest absolute Gasteiger partial charge is 0.508 e. The third kappa shape index (κ3) is 1.30. The smallest absolute Gasteiger partial charge is 0.121 e. The Balaban J connectivity index is 2.43. The Morgan fingerprint density at radius 1 is 1.38 bits per heavy atom. The zero-order valence-electron chi connectivity index (χ0n) is 7.54. The average Bonchev–Trinajstić information content (AvgIpc) is 2.05. The van der Waals surface area contributed by atoms with E-state index in [0.29, 0.717) is 18.7 Å². The Morgan fingerprint density at radius 3 is 2.62 bits per heavy atom. The summed E-state index contributed by atoms with van der Waals surface area (Å²) in [5.41, 5.74) is 0.815. The lowest BCUT2D eigenvalue weighted by Crippen LogP contribution is -2.56. The number of benzene rings is 1. The second kappa shape index (κ2) is 2.72. The molecule has 0 bridgehead atoms. The highest BCUT2D eigenvalue weighted by molar-refractivity contribution is 5.41. The molecule has 70 valence electrons. The number of aromatic hydroxyl groups is 1. The summed E-state index contributed by atoms with van der Waals surface area (Å²) >= 11 is 0. The molecule has 13 heavy (non-hydrogen) atoms. The van der Waals surface area contributed by atoms with Gasteiger partial charge in [-0.25, -0.2) is 0 Å². The van der Waals surface area contributed by atoms with Crippen molar-refractivity contribution in [3.05, 3.63) is 29.3 Å². The first-order valence-corrected chi connectivity index (χ1v) is 4.35. The van der Waals surface area contributed by atoms with Crippen LogP contribution < -0.4 is 5.32 Å². The van der Waals surface area contributed by atoms with Crippen molar-refractivity contribution in [2.75, 3.05) is 13.1 Å². The minimum atomic E-state index is -0.865. The fraction of sp³-hybridized carbons (Fsp3) is 0.400. The second-order valence-corrected chi connectivity index (χ2v) is 3.66. The van der Waals surface area contributed by atoms with Gasteiger partial charge in [0.05, 0.1) is 0 Å². The molecule has 1 aliphatic rings. The van der Waals surface area contributed by atoms with Gasteiger partial charge in [-0.1, -0.05) is 11.6 Å². The fourth-order valence-corrected chi connectivity index (χ4v) is 1.57. The van der Waals surface area contributed by atoms with Crippen LogP contribution in [0.2, 0.25) is 0 Å². The van der Waals surface area contributed by atoms with Crippen LogP contribution in [0.3, 0.4) is 0 Å². The number of nitrogens with one attached hydrogen (secondary N) is 1. The van der Waals surface area contributed by atoms with Crippen LogP contribution in [0, 0.1) is 6.92 Å². The molecule has 1 aromatic rings. The first-order chi connectivity index (χ1) is 6.12. The van der Waals surface area contributed by atoms with Crippen molar-refractivity contribution in [2.45, 2.75) is 12.5 Å². The van der Waals surface area contributed by atoms with Crippen LogP contribution in [0.4, 0.5) is 0 Å². The third-order valence-corrected chi connectivity index (χ3v) is 2.49. The maximum Gasteiger partial charge on any atom is 0.121 e. The van der Waals surface area contributed by atoms with E-state index in [-0.39, 0.29) is 5.75 Å². The number of hydrogen-bond acceptors (Lipinski definition) is 3. The first kappa shape index (κ1) is 8.53. The Kier molecular flexibility index (Phi) is 1.78. The van der Waals surface area contributed by atoms with Crippen molar-refractivity contribution < 1.29 is 10.2 Å². The predicted molar refractivity (Wildman–Crippen MR) is 49.6 cm³/mol. The van der Waals surface area contributed by atoms with Gasteiger partial charge >= 0.3 is 0 Å². The number of aliphatic hydroxyl groups is 1. The van der Waals surface area contributed by atoms with Crippen molar-refractivity contribution >= 4 is 0 Å². The second-order valence-electron chi connectivity index (χ2n) is 3.66. The number of hydrogen-bond donors (Lipinski definition) is 3. The molecule has 0 aromatic heterocycles. The highest BCUT2D eigenvalue weighted by Crippen LogP contribution is 2.32. The number of phenolic OH excluding ortho intramolecular Hbond substituents is 1. The van der Waals surface area contributed by atoms with Crippen LogP contribution >= 0.6 is 0 Å². The minimum Gasteiger partial charge on any atom is -0.508 e. The molecule has 0 unspecified atom stereocenters. The molecule has 3 N–H and O–H groups in total. The van der Waals surface area contributed by atoms with Crippen LogP contribution in [0.15, 0.2) is 18.2 Å². The molecule has 2 rings (SSSR count). The predicted octanol–water partition coefficient (Wildman–Crippen LogP) is 0.491. The lowest BCUT2D eigenvalue weighted by Gasteiger charge is -2.38. The molecule has 3 nitrogen and oxygen atoms in total. The lowest BCUT2D eigenvalue weighted by atomic mass is 9.87. The molecule has 0 atom stereocenters. The van der Waals surface area contributed by atoms with Crippen LogP contribution in [-0.4, -0.2) is 23.3 Å². The summed E-state index contributed by atoms with van der Waals surface area (Å²) in [5, 5.41) is 22.5. The Labute approximate surface area is 77.0 Å². The van der Waals surface area contributed by atoms with Gasteiger partial charge in [0.25, 0.3) is 0 Å². The number of β-amino-alcohol motifs (C(OH)–C–C–N with tert-alkyl or cyclic N) is 1. The van der Waals surface area contributed by atoms with E-state index in [0.717, 1.165) is 5.56 Å². The molecular formula is C10H13NO2. The SMILES string of the molecule is Cc1ccc(O)c(C2(O)CNC2)c1. The minimum absolute atomic E-state index is 0.176. The van der Waals surface area contributed by atoms with Crippen LogP contribution in [0.5, 0.6) is 5.75 Å². The Morgan fingerprint density at radius 2 is 2.08 bits per heavy atom.